The smallest absolute Gasteiger partial charge is 0.159 e. The third-order valence-corrected chi connectivity index (χ3v) is 2.97. The Kier molecular flexibility index (Phi) is 3.83. The molecule has 0 fully saturated rings. The highest BCUT2D eigenvalue weighted by Gasteiger charge is 2.09. The summed E-state index contributed by atoms with van der Waals surface area (Å²) < 4.78 is 13.5. The van der Waals surface area contributed by atoms with Gasteiger partial charge in [-0.15, -0.1) is 0 Å². The predicted molar refractivity (Wildman–Crippen MR) is 75.3 cm³/mol. The van der Waals surface area contributed by atoms with Gasteiger partial charge in [-0.3, -0.25) is 0 Å². The first-order chi connectivity index (χ1) is 8.58. The van der Waals surface area contributed by atoms with E-state index in [9.17, 15) is 4.39 Å². The van der Waals surface area contributed by atoms with Crippen LogP contribution in [-0.2, 0) is 0 Å². The fraction of sp³-hybridized carbons (Fsp3) is 0. The molecular formula is C11H8BrFN4S. The maximum absolute atomic E-state index is 13.0. The highest BCUT2D eigenvalue weighted by atomic mass is 79.9. The van der Waals surface area contributed by atoms with Crippen LogP contribution in [0.5, 0.6) is 0 Å². The molecule has 1 aromatic heterocycles. The molecule has 0 aliphatic rings. The van der Waals surface area contributed by atoms with Gasteiger partial charge < -0.3 is 11.1 Å². The average Bonchev–Trinajstić information content (AvgIpc) is 2.33. The molecule has 3 N–H and O–H groups in total. The lowest BCUT2D eigenvalue weighted by atomic mass is 10.3. The van der Waals surface area contributed by atoms with Crippen LogP contribution in [0.1, 0.15) is 5.69 Å². The van der Waals surface area contributed by atoms with Gasteiger partial charge in [0.25, 0.3) is 0 Å². The van der Waals surface area contributed by atoms with E-state index in [1.165, 1.54) is 24.5 Å². The molecule has 1 heterocycles. The monoisotopic (exact) mass is 326 g/mol. The summed E-state index contributed by atoms with van der Waals surface area (Å²) >= 11 is 8.13. The summed E-state index contributed by atoms with van der Waals surface area (Å²) in [6.45, 7) is 0. The van der Waals surface area contributed by atoms with E-state index >= 15 is 0 Å². The normalized spacial score (nSPS) is 10.1. The van der Waals surface area contributed by atoms with E-state index in [2.05, 4.69) is 31.2 Å². The zero-order chi connectivity index (χ0) is 13.1. The highest BCUT2D eigenvalue weighted by molar-refractivity contribution is 9.10. The number of nitrogens with two attached hydrogens (primary N) is 1. The van der Waals surface area contributed by atoms with Crippen LogP contribution in [0.4, 0.5) is 15.9 Å². The Morgan fingerprint density at radius 1 is 1.33 bits per heavy atom. The molecule has 7 heteroatoms. The molecule has 18 heavy (non-hydrogen) atoms. The number of nitrogens with one attached hydrogen (secondary N) is 1. The first kappa shape index (κ1) is 12.8. The van der Waals surface area contributed by atoms with E-state index in [0.29, 0.717) is 21.7 Å². The Bertz CT molecular complexity index is 605. The molecule has 2 aromatic rings. The largest absolute Gasteiger partial charge is 0.388 e. The van der Waals surface area contributed by atoms with Crippen molar-refractivity contribution >= 4 is 44.6 Å². The summed E-state index contributed by atoms with van der Waals surface area (Å²) in [7, 11) is 0. The van der Waals surface area contributed by atoms with Crippen molar-refractivity contribution in [3.63, 3.8) is 0 Å². The van der Waals surface area contributed by atoms with Crippen LogP contribution in [0.15, 0.2) is 35.1 Å². The van der Waals surface area contributed by atoms with E-state index in [0.717, 1.165) is 0 Å². The minimum absolute atomic E-state index is 0.142. The molecule has 0 aliphatic carbocycles. The van der Waals surface area contributed by atoms with Crippen molar-refractivity contribution in [1.82, 2.24) is 9.97 Å². The molecule has 0 atom stereocenters. The molecular weight excluding hydrogens is 319 g/mol. The summed E-state index contributed by atoms with van der Waals surface area (Å²) in [6.07, 6.45) is 3.01. The van der Waals surface area contributed by atoms with Crippen molar-refractivity contribution in [3.8, 4) is 0 Å². The number of thiocarbonyl (C=S) groups is 1. The van der Waals surface area contributed by atoms with Crippen LogP contribution >= 0.6 is 28.1 Å². The van der Waals surface area contributed by atoms with E-state index in [1.807, 2.05) is 0 Å². The molecule has 92 valence electrons. The molecule has 0 spiro atoms. The van der Waals surface area contributed by atoms with Gasteiger partial charge in [-0.05, 0) is 34.1 Å². The molecule has 0 saturated heterocycles. The van der Waals surface area contributed by atoms with Crippen molar-refractivity contribution in [2.24, 2.45) is 5.73 Å². The Balaban J connectivity index is 2.37. The Labute approximate surface area is 117 Å². The zero-order valence-corrected chi connectivity index (χ0v) is 11.4. The number of benzene rings is 1. The van der Waals surface area contributed by atoms with Gasteiger partial charge >= 0.3 is 0 Å². The molecule has 2 rings (SSSR count). The van der Waals surface area contributed by atoms with Crippen LogP contribution in [-0.4, -0.2) is 15.0 Å². The van der Waals surface area contributed by atoms with Crippen LogP contribution in [0.25, 0.3) is 0 Å². The minimum Gasteiger partial charge on any atom is -0.388 e. The van der Waals surface area contributed by atoms with Gasteiger partial charge in [0.1, 0.15) is 16.5 Å². The van der Waals surface area contributed by atoms with E-state index < -0.39 is 0 Å². The minimum atomic E-state index is -0.332. The van der Waals surface area contributed by atoms with Crippen molar-refractivity contribution in [2.75, 3.05) is 5.32 Å². The van der Waals surface area contributed by atoms with Gasteiger partial charge in [-0.1, -0.05) is 12.2 Å². The summed E-state index contributed by atoms with van der Waals surface area (Å²) in [5.74, 6) is 0.0958. The first-order valence-electron chi connectivity index (χ1n) is 4.91. The maximum atomic E-state index is 13.0. The second-order valence-electron chi connectivity index (χ2n) is 3.37. The molecule has 0 amide bonds. The first-order valence-corrected chi connectivity index (χ1v) is 6.11. The average molecular weight is 327 g/mol. The lowest BCUT2D eigenvalue weighted by Gasteiger charge is -2.10. The van der Waals surface area contributed by atoms with Crippen LogP contribution < -0.4 is 11.1 Å². The number of nitrogens with zero attached hydrogens (tertiary/aromatic N) is 2. The molecule has 0 saturated carbocycles. The Morgan fingerprint density at radius 2 is 2.06 bits per heavy atom. The van der Waals surface area contributed by atoms with Gasteiger partial charge in [0, 0.05) is 16.9 Å². The standard InChI is InChI=1S/C11H8BrFN4S/c12-7-5-6(13)1-2-8(7)17-11-9(10(14)18)15-3-4-16-11/h1-5H,(H2,14,18)(H,16,17). The van der Waals surface area contributed by atoms with Gasteiger partial charge in [0.15, 0.2) is 5.82 Å². The number of halogens is 2. The summed E-state index contributed by atoms with van der Waals surface area (Å²) in [5.41, 5.74) is 6.59. The van der Waals surface area contributed by atoms with Crippen LogP contribution in [0.3, 0.4) is 0 Å². The topological polar surface area (TPSA) is 63.8 Å². The predicted octanol–water partition coefficient (Wildman–Crippen LogP) is 2.76. The Morgan fingerprint density at radius 3 is 2.72 bits per heavy atom. The Hall–Kier alpha value is -1.60. The van der Waals surface area contributed by atoms with Crippen molar-refractivity contribution in [2.45, 2.75) is 0 Å². The molecule has 0 bridgehead atoms. The van der Waals surface area contributed by atoms with Crippen molar-refractivity contribution < 1.29 is 4.39 Å². The second kappa shape index (κ2) is 5.36. The lowest BCUT2D eigenvalue weighted by molar-refractivity contribution is 0.627. The molecule has 0 unspecified atom stereocenters. The molecule has 4 nitrogen and oxygen atoms in total. The fourth-order valence-corrected chi connectivity index (χ4v) is 1.93. The number of anilines is 2. The van der Waals surface area contributed by atoms with Crippen LogP contribution in [0, 0.1) is 5.82 Å². The quantitative estimate of drug-likeness (QED) is 0.849. The number of hydrogen-bond donors (Lipinski definition) is 2. The number of rotatable bonds is 3. The second-order valence-corrected chi connectivity index (χ2v) is 4.66. The van der Waals surface area contributed by atoms with E-state index in [-0.39, 0.29) is 10.8 Å². The summed E-state index contributed by atoms with van der Waals surface area (Å²) in [6, 6.07) is 4.26. The van der Waals surface area contributed by atoms with Crippen LogP contribution in [0.2, 0.25) is 0 Å². The number of aromatic nitrogens is 2. The van der Waals surface area contributed by atoms with Gasteiger partial charge in [-0.25, -0.2) is 14.4 Å². The molecule has 0 aliphatic heterocycles. The maximum Gasteiger partial charge on any atom is 0.159 e. The summed E-state index contributed by atoms with van der Waals surface area (Å²) in [4.78, 5) is 8.29. The third-order valence-electron chi connectivity index (χ3n) is 2.12. The SMILES string of the molecule is NC(=S)c1nccnc1Nc1ccc(F)cc1Br. The van der Waals surface area contributed by atoms with Crippen molar-refractivity contribution in [1.29, 1.82) is 0 Å². The lowest BCUT2D eigenvalue weighted by Crippen LogP contribution is -2.15. The van der Waals surface area contributed by atoms with E-state index in [4.69, 9.17) is 18.0 Å². The third kappa shape index (κ3) is 2.80. The van der Waals surface area contributed by atoms with Gasteiger partial charge in [-0.2, -0.15) is 0 Å². The van der Waals surface area contributed by atoms with Crippen molar-refractivity contribution in [3.05, 3.63) is 46.6 Å². The molecule has 0 radical (unpaired) electrons. The van der Waals surface area contributed by atoms with E-state index in [1.54, 1.807) is 6.07 Å². The highest BCUT2D eigenvalue weighted by Crippen LogP contribution is 2.26. The summed E-state index contributed by atoms with van der Waals surface area (Å²) in [5, 5.41) is 2.99. The van der Waals surface area contributed by atoms with Gasteiger partial charge in [0.05, 0.1) is 5.69 Å². The molecule has 1 aromatic carbocycles. The zero-order valence-electron chi connectivity index (χ0n) is 9.02. The number of hydrogen-bond acceptors (Lipinski definition) is 4. The fourth-order valence-electron chi connectivity index (χ4n) is 1.33. The van der Waals surface area contributed by atoms with Gasteiger partial charge in [0.2, 0.25) is 0 Å².